The number of esters is 1. The highest BCUT2D eigenvalue weighted by molar-refractivity contribution is 6.32. The van der Waals surface area contributed by atoms with Crippen molar-refractivity contribution in [3.8, 4) is 17.2 Å². The molecule has 2 aromatic rings. The van der Waals surface area contributed by atoms with Crippen LogP contribution in [0.15, 0.2) is 36.4 Å². The minimum absolute atomic E-state index is 0.0213. The molecule has 1 atom stereocenters. The normalized spacial score (nSPS) is 12.2. The number of hydrogen-bond acceptors (Lipinski definition) is 5. The van der Waals surface area contributed by atoms with E-state index in [1.165, 1.54) is 25.1 Å². The van der Waals surface area contributed by atoms with E-state index in [4.69, 9.17) is 31.5 Å². The van der Waals surface area contributed by atoms with Crippen LogP contribution in [0.25, 0.3) is 0 Å². The lowest BCUT2D eigenvalue weighted by Gasteiger charge is -2.17. The molecule has 0 saturated carbocycles. The van der Waals surface area contributed by atoms with Gasteiger partial charge in [0, 0.05) is 6.07 Å². The molecule has 0 aliphatic rings. The van der Waals surface area contributed by atoms with Crippen molar-refractivity contribution in [3.63, 3.8) is 0 Å². The molecule has 0 aliphatic heterocycles. The number of benzene rings is 2. The van der Waals surface area contributed by atoms with Crippen molar-refractivity contribution in [2.45, 2.75) is 26.1 Å². The van der Waals surface area contributed by atoms with Crippen LogP contribution < -0.4 is 15.2 Å². The van der Waals surface area contributed by atoms with E-state index in [9.17, 15) is 22.8 Å². The van der Waals surface area contributed by atoms with Crippen molar-refractivity contribution in [2.24, 2.45) is 5.73 Å². The number of nitrogens with two attached hydrogens (primary N) is 1. The van der Waals surface area contributed by atoms with Crippen LogP contribution in [-0.2, 0) is 15.7 Å². The summed E-state index contributed by atoms with van der Waals surface area (Å²) in [6, 6.07) is 6.53. The first-order chi connectivity index (χ1) is 13.5. The third kappa shape index (κ3) is 5.77. The molecule has 0 radical (unpaired) electrons. The number of amides is 1. The highest BCUT2D eigenvalue weighted by Crippen LogP contribution is 2.37. The van der Waals surface area contributed by atoms with Crippen LogP contribution in [-0.4, -0.2) is 24.6 Å². The van der Waals surface area contributed by atoms with Gasteiger partial charge in [0.15, 0.2) is 6.10 Å². The van der Waals surface area contributed by atoms with Gasteiger partial charge in [-0.1, -0.05) is 11.6 Å². The lowest BCUT2D eigenvalue weighted by molar-refractivity contribution is -0.150. The summed E-state index contributed by atoms with van der Waals surface area (Å²) in [6.07, 6.45) is -5.59. The summed E-state index contributed by atoms with van der Waals surface area (Å²) in [5, 5.41) is -0.263. The summed E-state index contributed by atoms with van der Waals surface area (Å²) in [6.45, 7) is 3.19. The lowest BCUT2D eigenvalue weighted by atomic mass is 10.1. The number of carbonyl (C=O) groups is 2. The molecule has 0 heterocycles. The predicted octanol–water partition coefficient (Wildman–Crippen LogP) is 4.58. The fourth-order valence-electron chi connectivity index (χ4n) is 2.25. The zero-order chi connectivity index (χ0) is 21.8. The van der Waals surface area contributed by atoms with Crippen molar-refractivity contribution in [2.75, 3.05) is 6.61 Å². The Balaban J connectivity index is 2.31. The Hall–Kier alpha value is -2.94. The van der Waals surface area contributed by atoms with E-state index in [2.05, 4.69) is 0 Å². The number of rotatable bonds is 7. The first-order valence-electron chi connectivity index (χ1n) is 8.34. The van der Waals surface area contributed by atoms with Crippen molar-refractivity contribution < 1.29 is 37.0 Å². The van der Waals surface area contributed by atoms with E-state index in [0.29, 0.717) is 0 Å². The average molecular weight is 432 g/mol. The van der Waals surface area contributed by atoms with Crippen molar-refractivity contribution in [1.29, 1.82) is 0 Å². The van der Waals surface area contributed by atoms with E-state index in [1.54, 1.807) is 6.92 Å². The highest BCUT2D eigenvalue weighted by Gasteiger charge is 2.31. The van der Waals surface area contributed by atoms with E-state index < -0.39 is 29.7 Å². The molecule has 6 nitrogen and oxygen atoms in total. The van der Waals surface area contributed by atoms with Crippen molar-refractivity contribution >= 4 is 23.5 Å². The molecule has 2 N–H and O–H groups in total. The number of hydrogen-bond donors (Lipinski definition) is 1. The second-order valence-electron chi connectivity index (χ2n) is 5.78. The number of halogens is 4. The summed E-state index contributed by atoms with van der Waals surface area (Å²) < 4.78 is 54.0. The lowest BCUT2D eigenvalue weighted by Crippen LogP contribution is -2.27. The van der Waals surface area contributed by atoms with Gasteiger partial charge in [-0.15, -0.1) is 0 Å². The van der Waals surface area contributed by atoms with Gasteiger partial charge in [-0.3, -0.25) is 4.79 Å². The quantitative estimate of drug-likeness (QED) is 0.648. The fraction of sp³-hybridized carbons (Fsp3) is 0.263. The maximum absolute atomic E-state index is 12.7. The van der Waals surface area contributed by atoms with Crippen LogP contribution in [0.1, 0.15) is 29.8 Å². The van der Waals surface area contributed by atoms with Gasteiger partial charge in [-0.2, -0.15) is 13.2 Å². The van der Waals surface area contributed by atoms with Crippen LogP contribution >= 0.6 is 11.6 Å². The first kappa shape index (κ1) is 22.4. The third-order valence-corrected chi connectivity index (χ3v) is 3.92. The largest absolute Gasteiger partial charge is 0.478 e. The van der Waals surface area contributed by atoms with Gasteiger partial charge in [0.1, 0.15) is 17.2 Å². The third-order valence-electron chi connectivity index (χ3n) is 3.63. The first-order valence-corrected chi connectivity index (χ1v) is 8.72. The van der Waals surface area contributed by atoms with Gasteiger partial charge in [0.2, 0.25) is 0 Å². The topological polar surface area (TPSA) is 87.8 Å². The molecule has 2 rings (SSSR count). The van der Waals surface area contributed by atoms with Crippen LogP contribution in [0.3, 0.4) is 0 Å². The maximum atomic E-state index is 12.7. The van der Waals surface area contributed by atoms with Gasteiger partial charge in [0.25, 0.3) is 5.91 Å². The standard InChI is InChI=1S/C19H17ClF3NO5/c1-3-27-18(26)10(2)28-16-9-12(5-6-13(16)17(24)25)29-15-7-4-11(8-14(15)20)19(21,22)23/h4-10H,3H2,1-2H3,(H2,24,25). The Morgan fingerprint density at radius 3 is 2.38 bits per heavy atom. The molecule has 1 amide bonds. The second-order valence-corrected chi connectivity index (χ2v) is 6.19. The minimum Gasteiger partial charge on any atom is -0.478 e. The molecule has 0 fully saturated rings. The van der Waals surface area contributed by atoms with E-state index in [0.717, 1.165) is 18.2 Å². The van der Waals surface area contributed by atoms with E-state index in [-0.39, 0.29) is 34.4 Å². The Labute approximate surface area is 169 Å². The van der Waals surface area contributed by atoms with Crippen molar-refractivity contribution in [3.05, 3.63) is 52.5 Å². The molecule has 10 heteroatoms. The summed E-state index contributed by atoms with van der Waals surface area (Å²) in [5.74, 6) is -1.47. The maximum Gasteiger partial charge on any atom is 0.416 e. The molecule has 29 heavy (non-hydrogen) atoms. The van der Waals surface area contributed by atoms with Gasteiger partial charge in [0.05, 0.1) is 22.8 Å². The number of primary amides is 1. The Bertz CT molecular complexity index is 917. The molecule has 0 spiro atoms. The number of ether oxygens (including phenoxy) is 3. The van der Waals surface area contributed by atoms with Crippen LogP contribution in [0, 0.1) is 0 Å². The fourth-order valence-corrected chi connectivity index (χ4v) is 2.47. The monoisotopic (exact) mass is 431 g/mol. The predicted molar refractivity (Wildman–Crippen MR) is 98.2 cm³/mol. The second kappa shape index (κ2) is 9.04. The van der Waals surface area contributed by atoms with Gasteiger partial charge >= 0.3 is 12.1 Å². The zero-order valence-electron chi connectivity index (χ0n) is 15.4. The molecule has 0 bridgehead atoms. The molecule has 0 aliphatic carbocycles. The van der Waals surface area contributed by atoms with Gasteiger partial charge < -0.3 is 19.9 Å². The highest BCUT2D eigenvalue weighted by atomic mass is 35.5. The SMILES string of the molecule is CCOC(=O)C(C)Oc1cc(Oc2ccc(C(F)(F)F)cc2Cl)ccc1C(N)=O. The van der Waals surface area contributed by atoms with Crippen LogP contribution in [0.2, 0.25) is 5.02 Å². The molecule has 0 saturated heterocycles. The van der Waals surface area contributed by atoms with Crippen LogP contribution in [0.4, 0.5) is 13.2 Å². The Morgan fingerprint density at radius 2 is 1.83 bits per heavy atom. The molecular formula is C19H17ClF3NO5. The Morgan fingerprint density at radius 1 is 1.14 bits per heavy atom. The summed E-state index contributed by atoms with van der Waals surface area (Å²) in [7, 11) is 0. The van der Waals surface area contributed by atoms with E-state index >= 15 is 0 Å². The van der Waals surface area contributed by atoms with Crippen LogP contribution in [0.5, 0.6) is 17.2 Å². The number of alkyl halides is 3. The number of carbonyl (C=O) groups excluding carboxylic acids is 2. The minimum atomic E-state index is -4.55. The van der Waals surface area contributed by atoms with E-state index in [1.807, 2.05) is 0 Å². The summed E-state index contributed by atoms with van der Waals surface area (Å²) in [5.41, 5.74) is 4.36. The molecule has 0 aromatic heterocycles. The smallest absolute Gasteiger partial charge is 0.416 e. The Kier molecular flexibility index (Phi) is 6.97. The zero-order valence-corrected chi connectivity index (χ0v) is 16.1. The van der Waals surface area contributed by atoms with Gasteiger partial charge in [-0.05, 0) is 44.2 Å². The van der Waals surface area contributed by atoms with Gasteiger partial charge in [-0.25, -0.2) is 4.79 Å². The molecular weight excluding hydrogens is 415 g/mol. The summed E-state index contributed by atoms with van der Waals surface area (Å²) in [4.78, 5) is 23.4. The van der Waals surface area contributed by atoms with Crippen molar-refractivity contribution in [1.82, 2.24) is 0 Å². The average Bonchev–Trinajstić information content (AvgIpc) is 2.62. The molecule has 2 aromatic carbocycles. The molecule has 1 unspecified atom stereocenters. The summed E-state index contributed by atoms with van der Waals surface area (Å²) >= 11 is 5.88. The molecule has 156 valence electrons.